The second-order valence-electron chi connectivity index (χ2n) is 4.20. The first-order chi connectivity index (χ1) is 8.97. The van der Waals surface area contributed by atoms with Crippen molar-refractivity contribution < 1.29 is 19.7 Å². The van der Waals surface area contributed by atoms with E-state index in [-0.39, 0.29) is 19.3 Å². The fourth-order valence-electron chi connectivity index (χ4n) is 1.29. The summed E-state index contributed by atoms with van der Waals surface area (Å²) in [6.45, 7) is 3.76. The highest BCUT2D eigenvalue weighted by Gasteiger charge is 2.13. The predicted molar refractivity (Wildman–Crippen MR) is 80.8 cm³/mol. The monoisotopic (exact) mass is 396 g/mol. The van der Waals surface area contributed by atoms with Crippen LogP contribution < -0.4 is 9.47 Å². The molecule has 0 bridgehead atoms. The van der Waals surface area contributed by atoms with Crippen LogP contribution in [0.5, 0.6) is 11.5 Å². The molecule has 0 heterocycles. The highest BCUT2D eigenvalue weighted by atomic mass is 79.9. The number of ether oxygens (including phenoxy) is 2. The summed E-state index contributed by atoms with van der Waals surface area (Å²) in [6, 6.07) is 3.63. The van der Waals surface area contributed by atoms with Gasteiger partial charge >= 0.3 is 0 Å². The highest BCUT2D eigenvalue weighted by Crippen LogP contribution is 2.37. The Morgan fingerprint density at radius 2 is 1.84 bits per heavy atom. The minimum absolute atomic E-state index is 0.0271. The van der Waals surface area contributed by atoms with Crippen LogP contribution in [0.25, 0.3) is 0 Å². The molecule has 6 heteroatoms. The summed E-state index contributed by atoms with van der Waals surface area (Å²) < 4.78 is 12.6. The molecule has 0 amide bonds. The second kappa shape index (κ2) is 8.09. The Kier molecular flexibility index (Phi) is 7.13. The first-order valence-corrected chi connectivity index (χ1v) is 7.63. The number of hydrogen-bond donors (Lipinski definition) is 2. The molecule has 2 N–H and O–H groups in total. The summed E-state index contributed by atoms with van der Waals surface area (Å²) in [5, 5.41) is 18.0. The third-order valence-corrected chi connectivity index (χ3v) is 3.69. The molecule has 1 aromatic rings. The Morgan fingerprint density at radius 1 is 1.26 bits per heavy atom. The van der Waals surface area contributed by atoms with E-state index in [4.69, 9.17) is 14.6 Å². The van der Waals surface area contributed by atoms with Crippen LogP contribution in [-0.4, -0.2) is 35.6 Å². The van der Waals surface area contributed by atoms with Gasteiger partial charge in [-0.1, -0.05) is 6.92 Å². The van der Waals surface area contributed by atoms with Gasteiger partial charge in [-0.2, -0.15) is 0 Å². The fourth-order valence-corrected chi connectivity index (χ4v) is 2.66. The van der Waals surface area contributed by atoms with E-state index in [1.165, 1.54) is 0 Å². The van der Waals surface area contributed by atoms with E-state index in [9.17, 15) is 5.11 Å². The summed E-state index contributed by atoms with van der Waals surface area (Å²) in [6.07, 6.45) is 0.174. The largest absolute Gasteiger partial charge is 0.491 e. The van der Waals surface area contributed by atoms with Gasteiger partial charge in [0, 0.05) is 0 Å². The number of aliphatic hydroxyl groups is 2. The van der Waals surface area contributed by atoms with Crippen molar-refractivity contribution in [1.82, 2.24) is 0 Å². The van der Waals surface area contributed by atoms with Crippen molar-refractivity contribution in [2.75, 3.05) is 13.2 Å². The maximum absolute atomic E-state index is 9.28. The van der Waals surface area contributed by atoms with E-state index in [0.29, 0.717) is 5.75 Å². The van der Waals surface area contributed by atoms with E-state index in [1.807, 2.05) is 19.1 Å². The summed E-state index contributed by atoms with van der Waals surface area (Å²) in [5.41, 5.74) is 0. The molecular formula is C13H18Br2O4. The quantitative estimate of drug-likeness (QED) is 0.742. The Labute approximate surface area is 130 Å². The Hall–Kier alpha value is -0.300. The lowest BCUT2D eigenvalue weighted by molar-refractivity contribution is 0.0531. The number of hydrogen-bond acceptors (Lipinski definition) is 4. The van der Waals surface area contributed by atoms with E-state index in [1.54, 1.807) is 0 Å². The average Bonchev–Trinajstić information content (AvgIpc) is 2.37. The van der Waals surface area contributed by atoms with Gasteiger partial charge in [-0.15, -0.1) is 0 Å². The normalized spacial score (nSPS) is 14.0. The molecule has 0 saturated heterocycles. The van der Waals surface area contributed by atoms with Crippen molar-refractivity contribution in [1.29, 1.82) is 0 Å². The molecule has 2 atom stereocenters. The molecular weight excluding hydrogens is 380 g/mol. The first-order valence-electron chi connectivity index (χ1n) is 6.05. The summed E-state index contributed by atoms with van der Waals surface area (Å²) in [5.74, 6) is 1.31. The van der Waals surface area contributed by atoms with Gasteiger partial charge in [0.2, 0.25) is 0 Å². The standard InChI is InChI=1S/C13H18Br2O4/c1-3-8(2)19-10-4-11(14)13(12(15)5-10)18-7-9(17)6-16/h4-5,8-9,16-17H,3,6-7H2,1-2H3. The topological polar surface area (TPSA) is 58.9 Å². The lowest BCUT2D eigenvalue weighted by Crippen LogP contribution is -2.21. The molecule has 108 valence electrons. The molecule has 0 radical (unpaired) electrons. The van der Waals surface area contributed by atoms with Crippen LogP contribution in [0, 0.1) is 0 Å². The van der Waals surface area contributed by atoms with Crippen molar-refractivity contribution in [3.8, 4) is 11.5 Å². The van der Waals surface area contributed by atoms with Gasteiger partial charge in [0.1, 0.15) is 24.2 Å². The zero-order valence-corrected chi connectivity index (χ0v) is 14.1. The predicted octanol–water partition coefficient (Wildman–Crippen LogP) is 3.12. The zero-order chi connectivity index (χ0) is 14.4. The molecule has 0 aliphatic heterocycles. The number of aliphatic hydroxyl groups excluding tert-OH is 2. The van der Waals surface area contributed by atoms with Gasteiger partial charge < -0.3 is 19.7 Å². The Bertz CT molecular complexity index is 389. The van der Waals surface area contributed by atoms with Crippen molar-refractivity contribution in [2.24, 2.45) is 0 Å². The second-order valence-corrected chi connectivity index (χ2v) is 5.91. The number of halogens is 2. The first kappa shape index (κ1) is 16.8. The molecule has 2 unspecified atom stereocenters. The van der Waals surface area contributed by atoms with Crippen LogP contribution in [-0.2, 0) is 0 Å². The molecule has 19 heavy (non-hydrogen) atoms. The molecule has 0 aliphatic rings. The van der Waals surface area contributed by atoms with E-state index < -0.39 is 6.10 Å². The number of rotatable bonds is 7. The summed E-state index contributed by atoms with van der Waals surface area (Å²) >= 11 is 6.81. The van der Waals surface area contributed by atoms with Gasteiger partial charge in [-0.05, 0) is 57.3 Å². The fraction of sp³-hybridized carbons (Fsp3) is 0.538. The van der Waals surface area contributed by atoms with Crippen LogP contribution in [0.15, 0.2) is 21.1 Å². The third kappa shape index (κ3) is 5.30. The summed E-state index contributed by atoms with van der Waals surface area (Å²) in [4.78, 5) is 0. The van der Waals surface area contributed by atoms with Crippen molar-refractivity contribution in [3.05, 3.63) is 21.1 Å². The van der Waals surface area contributed by atoms with E-state index >= 15 is 0 Å². The lowest BCUT2D eigenvalue weighted by Gasteiger charge is -2.16. The van der Waals surface area contributed by atoms with E-state index in [2.05, 4.69) is 38.8 Å². The van der Waals surface area contributed by atoms with Crippen LogP contribution in [0.3, 0.4) is 0 Å². The van der Waals surface area contributed by atoms with Gasteiger partial charge in [-0.25, -0.2) is 0 Å². The van der Waals surface area contributed by atoms with Crippen molar-refractivity contribution in [2.45, 2.75) is 32.5 Å². The minimum Gasteiger partial charge on any atom is -0.491 e. The highest BCUT2D eigenvalue weighted by molar-refractivity contribution is 9.11. The van der Waals surface area contributed by atoms with Crippen LogP contribution in [0.2, 0.25) is 0 Å². The lowest BCUT2D eigenvalue weighted by atomic mass is 10.3. The molecule has 0 saturated carbocycles. The Morgan fingerprint density at radius 3 is 2.32 bits per heavy atom. The summed E-state index contributed by atoms with van der Waals surface area (Å²) in [7, 11) is 0. The van der Waals surface area contributed by atoms with Gasteiger partial charge in [0.15, 0.2) is 0 Å². The van der Waals surface area contributed by atoms with Gasteiger partial charge in [0.25, 0.3) is 0 Å². The van der Waals surface area contributed by atoms with Crippen LogP contribution in [0.4, 0.5) is 0 Å². The minimum atomic E-state index is -0.894. The van der Waals surface area contributed by atoms with E-state index in [0.717, 1.165) is 21.1 Å². The molecule has 1 aromatic carbocycles. The van der Waals surface area contributed by atoms with Crippen molar-refractivity contribution >= 4 is 31.9 Å². The van der Waals surface area contributed by atoms with Gasteiger partial charge in [-0.3, -0.25) is 0 Å². The number of benzene rings is 1. The molecule has 0 aliphatic carbocycles. The Balaban J connectivity index is 2.79. The third-order valence-electron chi connectivity index (χ3n) is 2.51. The molecule has 0 fully saturated rings. The smallest absolute Gasteiger partial charge is 0.148 e. The van der Waals surface area contributed by atoms with Crippen LogP contribution >= 0.6 is 31.9 Å². The molecule has 0 aromatic heterocycles. The molecule has 0 spiro atoms. The van der Waals surface area contributed by atoms with Crippen LogP contribution in [0.1, 0.15) is 20.3 Å². The SMILES string of the molecule is CCC(C)Oc1cc(Br)c(OCC(O)CO)c(Br)c1. The van der Waals surface area contributed by atoms with Crippen molar-refractivity contribution in [3.63, 3.8) is 0 Å². The maximum atomic E-state index is 9.28. The molecule has 1 rings (SSSR count). The molecule has 4 nitrogen and oxygen atoms in total. The average molecular weight is 398 g/mol. The van der Waals surface area contributed by atoms with Gasteiger partial charge in [0.05, 0.1) is 21.7 Å². The zero-order valence-electron chi connectivity index (χ0n) is 10.9. The maximum Gasteiger partial charge on any atom is 0.148 e.